The average Bonchev–Trinajstić information content (AvgIpc) is 2.69. The maximum Gasteiger partial charge on any atom is 0.156 e. The maximum absolute atomic E-state index is 11.5. The van der Waals surface area contributed by atoms with Gasteiger partial charge in [0.15, 0.2) is 5.78 Å². The van der Waals surface area contributed by atoms with E-state index >= 15 is 0 Å². The van der Waals surface area contributed by atoms with Crippen LogP contribution >= 0.6 is 0 Å². The van der Waals surface area contributed by atoms with Crippen LogP contribution in [0.15, 0.2) is 24.3 Å². The summed E-state index contributed by atoms with van der Waals surface area (Å²) >= 11 is 0. The van der Waals surface area contributed by atoms with Crippen LogP contribution in [0.5, 0.6) is 11.5 Å². The SMILES string of the molecule is COc1cc([C@]2(C)C=CC(=O)C2)c(OC)cc1C. The largest absolute Gasteiger partial charge is 0.496 e. The van der Waals surface area contributed by atoms with E-state index in [4.69, 9.17) is 9.47 Å². The van der Waals surface area contributed by atoms with E-state index in [-0.39, 0.29) is 11.2 Å². The molecule has 3 nitrogen and oxygen atoms in total. The number of ketones is 1. The van der Waals surface area contributed by atoms with Gasteiger partial charge in [0.1, 0.15) is 11.5 Å². The highest BCUT2D eigenvalue weighted by molar-refractivity contribution is 5.94. The normalized spacial score (nSPS) is 22.3. The summed E-state index contributed by atoms with van der Waals surface area (Å²) in [6, 6.07) is 3.92. The molecule has 1 atom stereocenters. The standard InChI is InChI=1S/C15H18O3/c1-10-7-14(18-4)12(8-13(10)17-3)15(2)6-5-11(16)9-15/h5-8H,9H2,1-4H3/t15-/m1/s1. The van der Waals surface area contributed by atoms with E-state index in [1.54, 1.807) is 20.3 Å². The molecule has 1 aliphatic rings. The second-order valence-corrected chi connectivity index (χ2v) is 4.92. The Hall–Kier alpha value is -1.77. The maximum atomic E-state index is 11.5. The number of hydrogen-bond acceptors (Lipinski definition) is 3. The predicted octanol–water partition coefficient (Wildman–Crippen LogP) is 2.80. The lowest BCUT2D eigenvalue weighted by Gasteiger charge is -2.25. The van der Waals surface area contributed by atoms with Crippen molar-refractivity contribution in [2.75, 3.05) is 14.2 Å². The van der Waals surface area contributed by atoms with Crippen molar-refractivity contribution in [3.8, 4) is 11.5 Å². The fourth-order valence-electron chi connectivity index (χ4n) is 2.44. The molecular formula is C15H18O3. The molecule has 2 rings (SSSR count). The van der Waals surface area contributed by atoms with E-state index in [1.165, 1.54) is 0 Å². The third-order valence-corrected chi connectivity index (χ3v) is 3.51. The first kappa shape index (κ1) is 12.7. The van der Waals surface area contributed by atoms with Crippen LogP contribution in [0.3, 0.4) is 0 Å². The molecule has 0 radical (unpaired) electrons. The number of allylic oxidation sites excluding steroid dienone is 2. The molecule has 1 aromatic carbocycles. The molecule has 3 heteroatoms. The summed E-state index contributed by atoms with van der Waals surface area (Å²) in [5, 5.41) is 0. The Kier molecular flexibility index (Phi) is 3.16. The lowest BCUT2D eigenvalue weighted by atomic mass is 9.81. The van der Waals surface area contributed by atoms with Crippen LogP contribution in [0.4, 0.5) is 0 Å². The molecule has 1 aromatic rings. The van der Waals surface area contributed by atoms with Gasteiger partial charge in [-0.15, -0.1) is 0 Å². The minimum absolute atomic E-state index is 0.152. The van der Waals surface area contributed by atoms with Crippen LogP contribution in [0.25, 0.3) is 0 Å². The summed E-state index contributed by atoms with van der Waals surface area (Å²) in [5.74, 6) is 1.77. The highest BCUT2D eigenvalue weighted by Crippen LogP contribution is 2.41. The molecule has 1 aliphatic carbocycles. The van der Waals surface area contributed by atoms with Gasteiger partial charge in [0.2, 0.25) is 0 Å². The molecule has 0 heterocycles. The second kappa shape index (κ2) is 4.48. The monoisotopic (exact) mass is 246 g/mol. The van der Waals surface area contributed by atoms with Crippen LogP contribution in [0.1, 0.15) is 24.5 Å². The van der Waals surface area contributed by atoms with Crippen LogP contribution in [-0.2, 0) is 10.2 Å². The molecule has 0 bridgehead atoms. The van der Waals surface area contributed by atoms with E-state index < -0.39 is 0 Å². The zero-order chi connectivity index (χ0) is 13.3. The van der Waals surface area contributed by atoms with Crippen molar-refractivity contribution in [1.82, 2.24) is 0 Å². The third kappa shape index (κ3) is 2.01. The minimum Gasteiger partial charge on any atom is -0.496 e. The van der Waals surface area contributed by atoms with Crippen molar-refractivity contribution in [3.63, 3.8) is 0 Å². The Morgan fingerprint density at radius 3 is 2.33 bits per heavy atom. The molecule has 0 amide bonds. The number of carbonyl (C=O) groups excluding carboxylic acids is 1. The summed E-state index contributed by atoms with van der Waals surface area (Å²) < 4.78 is 10.8. The summed E-state index contributed by atoms with van der Waals surface area (Å²) in [4.78, 5) is 11.5. The molecule has 0 spiro atoms. The molecule has 0 aliphatic heterocycles. The summed E-state index contributed by atoms with van der Waals surface area (Å²) in [5.41, 5.74) is 1.72. The van der Waals surface area contributed by atoms with Crippen LogP contribution in [0, 0.1) is 6.92 Å². The van der Waals surface area contributed by atoms with Crippen molar-refractivity contribution >= 4 is 5.78 Å². The first-order valence-electron chi connectivity index (χ1n) is 5.95. The fraction of sp³-hybridized carbons (Fsp3) is 0.400. The zero-order valence-corrected chi connectivity index (χ0v) is 11.2. The van der Waals surface area contributed by atoms with Gasteiger partial charge in [0.25, 0.3) is 0 Å². The van der Waals surface area contributed by atoms with Gasteiger partial charge in [0, 0.05) is 17.4 Å². The third-order valence-electron chi connectivity index (χ3n) is 3.51. The molecule has 0 N–H and O–H groups in total. The quantitative estimate of drug-likeness (QED) is 0.822. The first-order chi connectivity index (χ1) is 8.50. The number of hydrogen-bond donors (Lipinski definition) is 0. The fourth-order valence-corrected chi connectivity index (χ4v) is 2.44. The Balaban J connectivity index is 2.56. The number of methoxy groups -OCH3 is 2. The molecule has 0 saturated heterocycles. The lowest BCUT2D eigenvalue weighted by Crippen LogP contribution is -2.19. The first-order valence-corrected chi connectivity index (χ1v) is 5.95. The molecule has 0 fully saturated rings. The van der Waals surface area contributed by atoms with Gasteiger partial charge >= 0.3 is 0 Å². The molecule has 0 aromatic heterocycles. The van der Waals surface area contributed by atoms with Gasteiger partial charge in [-0.3, -0.25) is 4.79 Å². The van der Waals surface area contributed by atoms with Gasteiger partial charge in [-0.05, 0) is 30.7 Å². The van der Waals surface area contributed by atoms with Gasteiger partial charge in [-0.1, -0.05) is 13.0 Å². The smallest absolute Gasteiger partial charge is 0.156 e. The Bertz CT molecular complexity index is 517. The Labute approximate surface area is 107 Å². The van der Waals surface area contributed by atoms with Crippen molar-refractivity contribution in [2.45, 2.75) is 25.7 Å². The molecule has 96 valence electrons. The number of ether oxygens (including phenoxy) is 2. The van der Waals surface area contributed by atoms with E-state index in [0.717, 1.165) is 22.6 Å². The topological polar surface area (TPSA) is 35.5 Å². The Morgan fingerprint density at radius 1 is 1.17 bits per heavy atom. The van der Waals surface area contributed by atoms with Crippen LogP contribution in [-0.4, -0.2) is 20.0 Å². The van der Waals surface area contributed by atoms with Gasteiger partial charge in [-0.25, -0.2) is 0 Å². The average molecular weight is 246 g/mol. The number of rotatable bonds is 3. The van der Waals surface area contributed by atoms with E-state index in [0.29, 0.717) is 6.42 Å². The van der Waals surface area contributed by atoms with E-state index in [2.05, 4.69) is 0 Å². The second-order valence-electron chi connectivity index (χ2n) is 4.92. The van der Waals surface area contributed by atoms with Crippen molar-refractivity contribution < 1.29 is 14.3 Å². The number of carbonyl (C=O) groups is 1. The molecule has 18 heavy (non-hydrogen) atoms. The molecule has 0 unspecified atom stereocenters. The lowest BCUT2D eigenvalue weighted by molar-refractivity contribution is -0.114. The van der Waals surface area contributed by atoms with Gasteiger partial charge in [0.05, 0.1) is 14.2 Å². The van der Waals surface area contributed by atoms with Crippen molar-refractivity contribution in [2.24, 2.45) is 0 Å². The van der Waals surface area contributed by atoms with Crippen LogP contribution in [0.2, 0.25) is 0 Å². The van der Waals surface area contributed by atoms with Gasteiger partial charge in [-0.2, -0.15) is 0 Å². The van der Waals surface area contributed by atoms with Crippen molar-refractivity contribution in [3.05, 3.63) is 35.4 Å². The van der Waals surface area contributed by atoms with Gasteiger partial charge < -0.3 is 9.47 Å². The Morgan fingerprint density at radius 2 is 1.83 bits per heavy atom. The zero-order valence-electron chi connectivity index (χ0n) is 11.2. The van der Waals surface area contributed by atoms with Crippen LogP contribution < -0.4 is 9.47 Å². The highest BCUT2D eigenvalue weighted by atomic mass is 16.5. The van der Waals surface area contributed by atoms with Crippen molar-refractivity contribution in [1.29, 1.82) is 0 Å². The van der Waals surface area contributed by atoms with E-state index in [1.807, 2.05) is 32.1 Å². The number of benzene rings is 1. The highest BCUT2D eigenvalue weighted by Gasteiger charge is 2.34. The van der Waals surface area contributed by atoms with E-state index in [9.17, 15) is 4.79 Å². The molecular weight excluding hydrogens is 228 g/mol. The summed E-state index contributed by atoms with van der Waals surface area (Å²) in [6.07, 6.45) is 4.07. The summed E-state index contributed by atoms with van der Waals surface area (Å²) in [6.45, 7) is 4.02. The number of aryl methyl sites for hydroxylation is 1. The summed E-state index contributed by atoms with van der Waals surface area (Å²) in [7, 11) is 3.30. The molecule has 0 saturated carbocycles. The predicted molar refractivity (Wildman–Crippen MR) is 70.4 cm³/mol. The minimum atomic E-state index is -0.302.